The van der Waals surface area contributed by atoms with Gasteiger partial charge in [0.2, 0.25) is 5.78 Å². The van der Waals surface area contributed by atoms with Gasteiger partial charge >= 0.3 is 0 Å². The summed E-state index contributed by atoms with van der Waals surface area (Å²) in [6.07, 6.45) is 4.90. The number of hydrogen-bond donors (Lipinski definition) is 0. The van der Waals surface area contributed by atoms with E-state index in [0.717, 1.165) is 28.2 Å². The maximum Gasteiger partial charge on any atom is 0.272 e. The van der Waals surface area contributed by atoms with Crippen LogP contribution in [0.1, 0.15) is 36.0 Å². The summed E-state index contributed by atoms with van der Waals surface area (Å²) in [7, 11) is 3.76. The van der Waals surface area contributed by atoms with Crippen molar-refractivity contribution in [2.45, 2.75) is 43.5 Å². The number of hydrogen-bond acceptors (Lipinski definition) is 8. The van der Waals surface area contributed by atoms with Gasteiger partial charge in [-0.15, -0.1) is 43.1 Å². The Balaban J connectivity index is 1.29. The van der Waals surface area contributed by atoms with Crippen LogP contribution in [0.2, 0.25) is 0 Å². The smallest absolute Gasteiger partial charge is 0.272 e. The molecule has 33 heavy (non-hydrogen) atoms. The third-order valence-electron chi connectivity index (χ3n) is 6.55. The highest BCUT2D eigenvalue weighted by atomic mass is 32.2. The van der Waals surface area contributed by atoms with E-state index in [1.165, 1.54) is 52.3 Å². The number of aromatic nitrogens is 7. The Morgan fingerprint density at radius 1 is 1.18 bits per heavy atom. The highest BCUT2D eigenvalue weighted by Crippen LogP contribution is 2.38. The van der Waals surface area contributed by atoms with E-state index < -0.39 is 0 Å². The van der Waals surface area contributed by atoms with Crippen LogP contribution in [0.3, 0.4) is 0 Å². The first kappa shape index (κ1) is 21.1. The van der Waals surface area contributed by atoms with E-state index in [1.807, 2.05) is 34.2 Å². The summed E-state index contributed by atoms with van der Waals surface area (Å²) < 4.78 is 6.30. The molecule has 1 aliphatic carbocycles. The maximum atomic E-state index is 12.5. The molecule has 0 fully saturated rings. The first-order valence-electron chi connectivity index (χ1n) is 11.0. The Morgan fingerprint density at radius 2 is 2.06 bits per heavy atom. The van der Waals surface area contributed by atoms with Crippen LogP contribution in [0, 0.1) is 5.92 Å². The Bertz CT molecular complexity index is 1550. The molecule has 0 N–H and O–H groups in total. The Morgan fingerprint density at radius 3 is 2.91 bits per heavy atom. The Labute approximate surface area is 202 Å². The molecular weight excluding hydrogens is 474 g/mol. The van der Waals surface area contributed by atoms with Gasteiger partial charge in [0.25, 0.3) is 5.56 Å². The van der Waals surface area contributed by atoms with Crippen LogP contribution in [0.15, 0.2) is 27.5 Å². The Kier molecular flexibility index (Phi) is 5.15. The van der Waals surface area contributed by atoms with E-state index in [9.17, 15) is 4.79 Å². The fourth-order valence-electron chi connectivity index (χ4n) is 4.59. The molecule has 1 unspecified atom stereocenters. The van der Waals surface area contributed by atoms with E-state index in [0.29, 0.717) is 16.2 Å². The zero-order valence-corrected chi connectivity index (χ0v) is 21.1. The molecule has 11 heteroatoms. The molecule has 5 aromatic rings. The SMILES string of the molecule is CCC1CCc2sc(-c3nnc(SCc4nnc5n(C)c(=O)c6sccc6n45)n3C)cc2C1. The van der Waals surface area contributed by atoms with Crippen LogP contribution >= 0.6 is 34.4 Å². The second kappa shape index (κ2) is 8.07. The van der Waals surface area contributed by atoms with Crippen LogP contribution in [0.5, 0.6) is 0 Å². The van der Waals surface area contributed by atoms with Gasteiger partial charge in [-0.2, -0.15) is 0 Å². The van der Waals surface area contributed by atoms with Crippen molar-refractivity contribution in [3.8, 4) is 10.7 Å². The molecule has 5 heterocycles. The quantitative estimate of drug-likeness (QED) is 0.337. The third-order valence-corrected chi connectivity index (χ3v) is 9.69. The fourth-order valence-corrected chi connectivity index (χ4v) is 7.49. The summed E-state index contributed by atoms with van der Waals surface area (Å²) in [6, 6.07) is 4.27. The van der Waals surface area contributed by atoms with E-state index in [-0.39, 0.29) is 5.56 Å². The summed E-state index contributed by atoms with van der Waals surface area (Å²) in [5.41, 5.74) is 2.30. The van der Waals surface area contributed by atoms with Crippen molar-refractivity contribution in [3.05, 3.63) is 44.1 Å². The van der Waals surface area contributed by atoms with E-state index in [1.54, 1.807) is 23.4 Å². The molecule has 0 amide bonds. The molecule has 1 aliphatic rings. The van der Waals surface area contributed by atoms with Crippen molar-refractivity contribution in [2.75, 3.05) is 0 Å². The number of thioether (sulfide) groups is 1. The second-order valence-electron chi connectivity index (χ2n) is 8.48. The average molecular weight is 498 g/mol. The topological polar surface area (TPSA) is 82.9 Å². The molecule has 0 aromatic carbocycles. The van der Waals surface area contributed by atoms with Gasteiger partial charge in [0.1, 0.15) is 10.5 Å². The van der Waals surface area contributed by atoms with Gasteiger partial charge < -0.3 is 4.57 Å². The van der Waals surface area contributed by atoms with Gasteiger partial charge in [-0.3, -0.25) is 13.8 Å². The normalized spacial score (nSPS) is 16.2. The molecule has 0 saturated carbocycles. The van der Waals surface area contributed by atoms with Crippen molar-refractivity contribution in [3.63, 3.8) is 0 Å². The van der Waals surface area contributed by atoms with Crippen molar-refractivity contribution in [1.29, 1.82) is 0 Å². The minimum absolute atomic E-state index is 0.0408. The van der Waals surface area contributed by atoms with E-state index >= 15 is 0 Å². The predicted octanol–water partition coefficient (Wildman–Crippen LogP) is 4.31. The number of fused-ring (bicyclic) bond motifs is 4. The molecule has 0 aliphatic heterocycles. The van der Waals surface area contributed by atoms with Crippen LogP contribution in [-0.4, -0.2) is 33.9 Å². The minimum Gasteiger partial charge on any atom is -0.304 e. The minimum atomic E-state index is -0.0408. The molecule has 170 valence electrons. The highest BCUT2D eigenvalue weighted by Gasteiger charge is 2.23. The monoisotopic (exact) mass is 497 g/mol. The van der Waals surface area contributed by atoms with Crippen LogP contribution in [-0.2, 0) is 32.7 Å². The van der Waals surface area contributed by atoms with E-state index in [2.05, 4.69) is 38.0 Å². The van der Waals surface area contributed by atoms with Gasteiger partial charge in [-0.25, -0.2) is 0 Å². The molecule has 0 saturated heterocycles. The average Bonchev–Trinajstić information content (AvgIpc) is 3.60. The summed E-state index contributed by atoms with van der Waals surface area (Å²) in [5, 5.41) is 20.4. The number of rotatable bonds is 5. The van der Waals surface area contributed by atoms with Crippen molar-refractivity contribution >= 4 is 50.4 Å². The lowest BCUT2D eigenvalue weighted by Gasteiger charge is -2.19. The molecule has 0 radical (unpaired) electrons. The zero-order valence-electron chi connectivity index (χ0n) is 18.6. The molecule has 0 bridgehead atoms. The highest BCUT2D eigenvalue weighted by molar-refractivity contribution is 7.98. The lowest BCUT2D eigenvalue weighted by Crippen LogP contribution is -2.19. The number of thiophene rings is 2. The summed E-state index contributed by atoms with van der Waals surface area (Å²) in [4.78, 5) is 15.3. The largest absolute Gasteiger partial charge is 0.304 e. The zero-order chi connectivity index (χ0) is 22.7. The summed E-state index contributed by atoms with van der Waals surface area (Å²) >= 11 is 4.89. The summed E-state index contributed by atoms with van der Waals surface area (Å²) in [6.45, 7) is 2.29. The number of nitrogens with zero attached hydrogens (tertiary/aromatic N) is 7. The summed E-state index contributed by atoms with van der Waals surface area (Å²) in [5.74, 6) is 3.64. The molecule has 6 rings (SSSR count). The van der Waals surface area contributed by atoms with Crippen molar-refractivity contribution in [1.82, 2.24) is 33.9 Å². The van der Waals surface area contributed by atoms with Gasteiger partial charge in [0, 0.05) is 19.0 Å². The predicted molar refractivity (Wildman–Crippen MR) is 133 cm³/mol. The van der Waals surface area contributed by atoms with Gasteiger partial charge in [0.15, 0.2) is 11.0 Å². The van der Waals surface area contributed by atoms with Crippen LogP contribution in [0.25, 0.3) is 26.7 Å². The number of aryl methyl sites for hydroxylation is 2. The van der Waals surface area contributed by atoms with Gasteiger partial charge in [0.05, 0.1) is 16.1 Å². The first-order valence-corrected chi connectivity index (χ1v) is 13.7. The van der Waals surface area contributed by atoms with Crippen LogP contribution < -0.4 is 5.56 Å². The molecular formula is C22H23N7OS3. The second-order valence-corrected chi connectivity index (χ2v) is 11.5. The standard InChI is InChI=1S/C22H23N7OS3/c1-4-12-5-6-15-13(9-12)10-16(33-15)19-24-26-22(27(19)2)32-11-17-23-25-21-28(3)20(30)18-14(29(17)21)7-8-31-18/h7-8,10,12H,4-6,9,11H2,1-3H3. The molecule has 5 aromatic heterocycles. The molecule has 8 nitrogen and oxygen atoms in total. The van der Waals surface area contributed by atoms with E-state index in [4.69, 9.17) is 0 Å². The van der Waals surface area contributed by atoms with Gasteiger partial charge in [-0.05, 0) is 48.3 Å². The van der Waals surface area contributed by atoms with Gasteiger partial charge in [-0.1, -0.05) is 25.1 Å². The Hall–Kier alpha value is -2.50. The van der Waals surface area contributed by atoms with Crippen molar-refractivity contribution in [2.24, 2.45) is 20.0 Å². The van der Waals surface area contributed by atoms with Crippen LogP contribution in [0.4, 0.5) is 0 Å². The molecule has 0 spiro atoms. The lowest BCUT2D eigenvalue weighted by atomic mass is 9.87. The maximum absolute atomic E-state index is 12.5. The fraction of sp³-hybridized carbons (Fsp3) is 0.409. The van der Waals surface area contributed by atoms with Crippen molar-refractivity contribution < 1.29 is 0 Å². The molecule has 1 atom stereocenters. The first-order chi connectivity index (χ1) is 16.0. The lowest BCUT2D eigenvalue weighted by molar-refractivity contribution is 0.449. The third kappa shape index (κ3) is 3.36.